The molecule has 0 aromatic heterocycles. The Bertz CT molecular complexity index is 638. The summed E-state index contributed by atoms with van der Waals surface area (Å²) in [4.78, 5) is 11.8. The molecule has 0 radical (unpaired) electrons. The minimum absolute atomic E-state index is 0.0807. The van der Waals surface area contributed by atoms with Gasteiger partial charge in [-0.05, 0) is 11.5 Å². The normalized spacial score (nSPS) is 10.3. The van der Waals surface area contributed by atoms with E-state index in [9.17, 15) is 4.79 Å². The van der Waals surface area contributed by atoms with Gasteiger partial charge in [0.05, 0.1) is 11.3 Å². The Morgan fingerprint density at radius 3 is 2.61 bits per heavy atom. The average Bonchev–Trinajstić information content (AvgIpc) is 2.39. The zero-order valence-corrected chi connectivity index (χ0v) is 10.4. The zero-order chi connectivity index (χ0) is 13.1. The summed E-state index contributed by atoms with van der Waals surface area (Å²) in [6, 6.07) is 13.4. The fraction of sp³-hybridized carbons (Fsp3) is 0.200. The van der Waals surface area contributed by atoms with Crippen molar-refractivity contribution in [2.45, 2.75) is 13.8 Å². The smallest absolute Gasteiger partial charge is 0.226 e. The first kappa shape index (κ1) is 12.1. The first-order chi connectivity index (χ1) is 8.63. The lowest BCUT2D eigenvalue weighted by molar-refractivity contribution is -0.118. The Labute approximate surface area is 106 Å². The summed E-state index contributed by atoms with van der Waals surface area (Å²) < 4.78 is 0. The van der Waals surface area contributed by atoms with E-state index in [4.69, 9.17) is 5.26 Å². The third kappa shape index (κ3) is 2.18. The van der Waals surface area contributed by atoms with E-state index in [0.29, 0.717) is 11.3 Å². The highest BCUT2D eigenvalue weighted by atomic mass is 16.1. The summed E-state index contributed by atoms with van der Waals surface area (Å²) >= 11 is 0. The molecule has 1 N–H and O–H groups in total. The highest BCUT2D eigenvalue weighted by molar-refractivity contribution is 6.04. The number of benzene rings is 2. The van der Waals surface area contributed by atoms with Crippen LogP contribution in [0.1, 0.15) is 19.4 Å². The van der Waals surface area contributed by atoms with Crippen LogP contribution in [0.5, 0.6) is 0 Å². The molecule has 0 aliphatic heterocycles. The van der Waals surface area contributed by atoms with Gasteiger partial charge in [0.15, 0.2) is 0 Å². The first-order valence-corrected chi connectivity index (χ1v) is 5.86. The Balaban J connectivity index is 2.59. The molecule has 2 rings (SSSR count). The molecule has 0 unspecified atom stereocenters. The van der Waals surface area contributed by atoms with Crippen LogP contribution in [-0.4, -0.2) is 5.91 Å². The van der Waals surface area contributed by atoms with Gasteiger partial charge >= 0.3 is 0 Å². The van der Waals surface area contributed by atoms with Gasteiger partial charge in [-0.25, -0.2) is 0 Å². The molecule has 2 aromatic carbocycles. The van der Waals surface area contributed by atoms with Gasteiger partial charge in [0, 0.05) is 11.3 Å². The quantitative estimate of drug-likeness (QED) is 0.872. The number of fused-ring (bicyclic) bond motifs is 1. The molecule has 0 saturated heterocycles. The Hall–Kier alpha value is -2.34. The van der Waals surface area contributed by atoms with Gasteiger partial charge in [-0.1, -0.05) is 44.2 Å². The second kappa shape index (κ2) is 4.89. The van der Waals surface area contributed by atoms with Crippen molar-refractivity contribution in [1.29, 1.82) is 5.26 Å². The Morgan fingerprint density at radius 2 is 1.94 bits per heavy atom. The molecule has 2 aromatic rings. The summed E-state index contributed by atoms with van der Waals surface area (Å²) in [7, 11) is 0. The molecular weight excluding hydrogens is 224 g/mol. The molecule has 3 nitrogen and oxygen atoms in total. The predicted molar refractivity (Wildman–Crippen MR) is 72.1 cm³/mol. The number of rotatable bonds is 2. The molecule has 0 heterocycles. The number of hydrogen-bond donors (Lipinski definition) is 1. The number of nitriles is 1. The van der Waals surface area contributed by atoms with Gasteiger partial charge in [0.2, 0.25) is 5.91 Å². The maximum Gasteiger partial charge on any atom is 0.226 e. The summed E-state index contributed by atoms with van der Waals surface area (Å²) in [5.74, 6) is -0.196. The van der Waals surface area contributed by atoms with E-state index in [2.05, 4.69) is 11.4 Å². The van der Waals surface area contributed by atoms with Gasteiger partial charge < -0.3 is 5.32 Å². The number of hydrogen-bond acceptors (Lipinski definition) is 2. The molecule has 0 spiro atoms. The maximum atomic E-state index is 11.8. The second-order valence-corrected chi connectivity index (χ2v) is 4.47. The minimum Gasteiger partial charge on any atom is -0.324 e. The van der Waals surface area contributed by atoms with Crippen LogP contribution in [-0.2, 0) is 4.79 Å². The van der Waals surface area contributed by atoms with Crippen LogP contribution >= 0.6 is 0 Å². The number of nitrogens with one attached hydrogen (secondary N) is 1. The van der Waals surface area contributed by atoms with Crippen LogP contribution < -0.4 is 5.32 Å². The number of carbonyl (C=O) groups is 1. The van der Waals surface area contributed by atoms with Crippen molar-refractivity contribution in [1.82, 2.24) is 0 Å². The third-order valence-electron chi connectivity index (χ3n) is 2.82. The van der Waals surface area contributed by atoms with Crippen molar-refractivity contribution in [3.63, 3.8) is 0 Å². The van der Waals surface area contributed by atoms with Crippen molar-refractivity contribution in [3.05, 3.63) is 42.0 Å². The summed E-state index contributed by atoms with van der Waals surface area (Å²) in [5.41, 5.74) is 1.09. The molecular formula is C15H14N2O. The Morgan fingerprint density at radius 1 is 1.22 bits per heavy atom. The van der Waals surface area contributed by atoms with Crippen LogP contribution in [0.4, 0.5) is 5.69 Å². The van der Waals surface area contributed by atoms with Crippen molar-refractivity contribution in [2.75, 3.05) is 5.32 Å². The second-order valence-electron chi connectivity index (χ2n) is 4.47. The lowest BCUT2D eigenvalue weighted by Crippen LogP contribution is -2.18. The van der Waals surface area contributed by atoms with E-state index in [1.165, 1.54) is 0 Å². The third-order valence-corrected chi connectivity index (χ3v) is 2.82. The number of anilines is 1. The fourth-order valence-corrected chi connectivity index (χ4v) is 1.77. The molecule has 0 fully saturated rings. The van der Waals surface area contributed by atoms with E-state index < -0.39 is 0 Å². The fourth-order valence-electron chi connectivity index (χ4n) is 1.77. The lowest BCUT2D eigenvalue weighted by atomic mass is 10.0. The summed E-state index contributed by atoms with van der Waals surface area (Å²) in [5, 5.41) is 13.9. The van der Waals surface area contributed by atoms with Crippen LogP contribution in [0.3, 0.4) is 0 Å². The van der Waals surface area contributed by atoms with Gasteiger partial charge in [0.1, 0.15) is 6.07 Å². The van der Waals surface area contributed by atoms with Gasteiger partial charge in [-0.2, -0.15) is 5.26 Å². The molecule has 0 aliphatic carbocycles. The van der Waals surface area contributed by atoms with E-state index in [-0.39, 0.29) is 11.8 Å². The molecule has 0 aliphatic rings. The van der Waals surface area contributed by atoms with Crippen LogP contribution in [0, 0.1) is 17.2 Å². The monoisotopic (exact) mass is 238 g/mol. The lowest BCUT2D eigenvalue weighted by Gasteiger charge is -2.12. The highest BCUT2D eigenvalue weighted by Crippen LogP contribution is 2.27. The highest BCUT2D eigenvalue weighted by Gasteiger charge is 2.12. The zero-order valence-electron chi connectivity index (χ0n) is 10.4. The van der Waals surface area contributed by atoms with Crippen molar-refractivity contribution in [3.8, 4) is 6.07 Å². The number of amides is 1. The molecule has 18 heavy (non-hydrogen) atoms. The van der Waals surface area contributed by atoms with Crippen LogP contribution in [0.15, 0.2) is 36.4 Å². The van der Waals surface area contributed by atoms with Crippen molar-refractivity contribution in [2.24, 2.45) is 5.92 Å². The van der Waals surface area contributed by atoms with Gasteiger partial charge in [0.25, 0.3) is 0 Å². The van der Waals surface area contributed by atoms with E-state index in [1.807, 2.05) is 44.2 Å². The maximum absolute atomic E-state index is 11.8. The molecule has 0 bridgehead atoms. The van der Waals surface area contributed by atoms with E-state index >= 15 is 0 Å². The Kier molecular flexibility index (Phi) is 3.29. The molecule has 3 heteroatoms. The number of nitrogens with zero attached hydrogens (tertiary/aromatic N) is 1. The van der Waals surface area contributed by atoms with E-state index in [1.54, 1.807) is 6.07 Å². The number of carbonyl (C=O) groups excluding carboxylic acids is 1. The summed E-state index contributed by atoms with van der Waals surface area (Å²) in [6.45, 7) is 3.65. The molecule has 90 valence electrons. The molecule has 1 amide bonds. The van der Waals surface area contributed by atoms with Crippen LogP contribution in [0.25, 0.3) is 10.8 Å². The molecule has 0 saturated carbocycles. The van der Waals surface area contributed by atoms with E-state index in [0.717, 1.165) is 10.8 Å². The van der Waals surface area contributed by atoms with Crippen molar-refractivity contribution < 1.29 is 4.79 Å². The largest absolute Gasteiger partial charge is 0.324 e. The molecule has 0 atom stereocenters. The van der Waals surface area contributed by atoms with Gasteiger partial charge in [-0.3, -0.25) is 4.79 Å². The van der Waals surface area contributed by atoms with Gasteiger partial charge in [-0.15, -0.1) is 0 Å². The minimum atomic E-state index is -0.115. The van der Waals surface area contributed by atoms with Crippen LogP contribution in [0.2, 0.25) is 0 Å². The summed E-state index contributed by atoms with van der Waals surface area (Å²) in [6.07, 6.45) is 0. The average molecular weight is 238 g/mol. The first-order valence-electron chi connectivity index (χ1n) is 5.86. The van der Waals surface area contributed by atoms with Crippen molar-refractivity contribution >= 4 is 22.4 Å². The topological polar surface area (TPSA) is 52.9 Å². The standard InChI is InChI=1S/C15H14N2O/c1-10(2)15(18)17-14-12(9-16)8-7-11-5-3-4-6-13(11)14/h3-8,10H,1-2H3,(H,17,18). The predicted octanol–water partition coefficient (Wildman–Crippen LogP) is 3.31. The SMILES string of the molecule is CC(C)C(=O)Nc1c(C#N)ccc2ccccc12.